The average molecular weight is 282 g/mol. The Balaban J connectivity index is 2.20. The van der Waals surface area contributed by atoms with Gasteiger partial charge in [0.2, 0.25) is 0 Å². The number of hydrogen-bond donors (Lipinski definition) is 2. The fourth-order valence-electron chi connectivity index (χ4n) is 1.76. The van der Waals surface area contributed by atoms with Crippen LogP contribution in [0.15, 0.2) is 6.20 Å². The summed E-state index contributed by atoms with van der Waals surface area (Å²) in [6.07, 6.45) is 3.34. The molecule has 0 unspecified atom stereocenters. The summed E-state index contributed by atoms with van der Waals surface area (Å²) in [6.45, 7) is 9.00. The number of carbonyl (C=O) groups excluding carboxylic acids is 1. The third kappa shape index (κ3) is 5.95. The van der Waals surface area contributed by atoms with E-state index in [4.69, 9.17) is 4.74 Å². The van der Waals surface area contributed by atoms with Gasteiger partial charge in [-0.3, -0.25) is 4.68 Å². The molecule has 0 aliphatic carbocycles. The molecule has 0 aliphatic heterocycles. The summed E-state index contributed by atoms with van der Waals surface area (Å²) in [4.78, 5) is 11.4. The molecule has 1 aromatic rings. The summed E-state index contributed by atoms with van der Waals surface area (Å²) in [6, 6.07) is 0. The van der Waals surface area contributed by atoms with E-state index in [-0.39, 0.29) is 6.09 Å². The minimum Gasteiger partial charge on any atom is -0.444 e. The molecule has 6 nitrogen and oxygen atoms in total. The van der Waals surface area contributed by atoms with E-state index < -0.39 is 5.60 Å². The van der Waals surface area contributed by atoms with Crippen molar-refractivity contribution in [2.45, 2.75) is 46.1 Å². The van der Waals surface area contributed by atoms with Crippen molar-refractivity contribution in [2.24, 2.45) is 7.05 Å². The summed E-state index contributed by atoms with van der Waals surface area (Å²) < 4.78 is 6.96. The van der Waals surface area contributed by atoms with Gasteiger partial charge in [-0.25, -0.2) is 4.79 Å². The molecular weight excluding hydrogens is 256 g/mol. The Morgan fingerprint density at radius 1 is 1.40 bits per heavy atom. The largest absolute Gasteiger partial charge is 0.444 e. The number of rotatable bonds is 6. The minimum atomic E-state index is -0.450. The van der Waals surface area contributed by atoms with E-state index in [0.29, 0.717) is 6.54 Å². The highest BCUT2D eigenvalue weighted by molar-refractivity contribution is 5.67. The molecule has 6 heteroatoms. The molecule has 0 radical (unpaired) electrons. The van der Waals surface area contributed by atoms with Crippen molar-refractivity contribution in [3.05, 3.63) is 11.9 Å². The lowest BCUT2D eigenvalue weighted by atomic mass is 10.2. The van der Waals surface area contributed by atoms with Crippen LogP contribution in [0.25, 0.3) is 0 Å². The van der Waals surface area contributed by atoms with Crippen molar-refractivity contribution in [2.75, 3.05) is 18.4 Å². The maximum atomic E-state index is 11.4. The highest BCUT2D eigenvalue weighted by atomic mass is 16.6. The third-order valence-electron chi connectivity index (χ3n) is 2.58. The molecule has 1 aromatic heterocycles. The Kier molecular flexibility index (Phi) is 5.85. The number of amides is 1. The van der Waals surface area contributed by atoms with Gasteiger partial charge in [-0.05, 0) is 33.6 Å². The number of alkyl carbamates (subject to hydrolysis) is 1. The van der Waals surface area contributed by atoms with E-state index in [1.165, 1.54) is 0 Å². The van der Waals surface area contributed by atoms with Crippen molar-refractivity contribution in [1.82, 2.24) is 15.1 Å². The van der Waals surface area contributed by atoms with E-state index in [1.807, 2.05) is 34.0 Å². The minimum absolute atomic E-state index is 0.367. The predicted molar refractivity (Wildman–Crippen MR) is 79.9 cm³/mol. The number of anilines is 1. The predicted octanol–water partition coefficient (Wildman–Crippen LogP) is 2.31. The van der Waals surface area contributed by atoms with Gasteiger partial charge in [0.05, 0.1) is 11.4 Å². The van der Waals surface area contributed by atoms with Gasteiger partial charge in [0.15, 0.2) is 0 Å². The number of ether oxygens (including phenoxy) is 1. The zero-order chi connectivity index (χ0) is 15.2. The topological polar surface area (TPSA) is 68.2 Å². The lowest BCUT2D eigenvalue weighted by Crippen LogP contribution is -2.33. The van der Waals surface area contributed by atoms with Crippen molar-refractivity contribution in [1.29, 1.82) is 0 Å². The van der Waals surface area contributed by atoms with Crippen molar-refractivity contribution < 1.29 is 9.53 Å². The Hall–Kier alpha value is -1.72. The number of aryl methyl sites for hydroxylation is 2. The molecule has 1 rings (SSSR count). The average Bonchev–Trinajstić information content (AvgIpc) is 2.67. The van der Waals surface area contributed by atoms with Gasteiger partial charge in [0.1, 0.15) is 5.60 Å². The summed E-state index contributed by atoms with van der Waals surface area (Å²) in [7, 11) is 1.91. The maximum Gasteiger partial charge on any atom is 0.407 e. The molecule has 1 heterocycles. The molecule has 0 spiro atoms. The van der Waals surface area contributed by atoms with Gasteiger partial charge in [0.25, 0.3) is 0 Å². The Labute approximate surface area is 120 Å². The molecule has 114 valence electrons. The SMILES string of the molecule is CCc1nn(C)cc1NCCCNC(=O)OC(C)(C)C. The van der Waals surface area contributed by atoms with Crippen molar-refractivity contribution >= 4 is 11.8 Å². The fraction of sp³-hybridized carbons (Fsp3) is 0.714. The van der Waals surface area contributed by atoms with E-state index in [9.17, 15) is 4.79 Å². The van der Waals surface area contributed by atoms with Crippen LogP contribution in [0.3, 0.4) is 0 Å². The number of carbonyl (C=O) groups is 1. The maximum absolute atomic E-state index is 11.4. The zero-order valence-electron chi connectivity index (χ0n) is 13.1. The lowest BCUT2D eigenvalue weighted by Gasteiger charge is -2.19. The van der Waals surface area contributed by atoms with Gasteiger partial charge >= 0.3 is 6.09 Å². The first-order valence-corrected chi connectivity index (χ1v) is 7.05. The number of nitrogens with one attached hydrogen (secondary N) is 2. The van der Waals surface area contributed by atoms with Crippen molar-refractivity contribution in [3.63, 3.8) is 0 Å². The second-order valence-electron chi connectivity index (χ2n) is 5.73. The number of aromatic nitrogens is 2. The van der Waals surface area contributed by atoms with Gasteiger partial charge in [-0.2, -0.15) is 5.10 Å². The third-order valence-corrected chi connectivity index (χ3v) is 2.58. The van der Waals surface area contributed by atoms with Gasteiger partial charge in [-0.1, -0.05) is 6.92 Å². The first kappa shape index (κ1) is 16.3. The molecular formula is C14H26N4O2. The molecule has 0 atom stereocenters. The summed E-state index contributed by atoms with van der Waals surface area (Å²) in [5, 5.41) is 10.4. The molecule has 1 amide bonds. The van der Waals surface area contributed by atoms with E-state index in [0.717, 1.165) is 30.8 Å². The van der Waals surface area contributed by atoms with Crippen LogP contribution in [0.2, 0.25) is 0 Å². The summed E-state index contributed by atoms with van der Waals surface area (Å²) in [5.74, 6) is 0. The molecule has 2 N–H and O–H groups in total. The Morgan fingerprint density at radius 3 is 2.70 bits per heavy atom. The van der Waals surface area contributed by atoms with Crippen LogP contribution >= 0.6 is 0 Å². The molecule has 0 saturated heterocycles. The standard InChI is InChI=1S/C14H26N4O2/c1-6-11-12(10-18(5)17-11)15-8-7-9-16-13(19)20-14(2,3)4/h10,15H,6-9H2,1-5H3,(H,16,19). The first-order chi connectivity index (χ1) is 9.31. The summed E-state index contributed by atoms with van der Waals surface area (Å²) in [5.41, 5.74) is 1.67. The highest BCUT2D eigenvalue weighted by Gasteiger charge is 2.15. The van der Waals surface area contributed by atoms with Gasteiger partial charge in [0, 0.05) is 26.3 Å². The molecule has 0 bridgehead atoms. The van der Waals surface area contributed by atoms with Crippen LogP contribution in [0.1, 0.15) is 39.8 Å². The van der Waals surface area contributed by atoms with Gasteiger partial charge in [-0.15, -0.1) is 0 Å². The molecule has 0 aliphatic rings. The molecule has 20 heavy (non-hydrogen) atoms. The Bertz CT molecular complexity index is 435. The second kappa shape index (κ2) is 7.17. The quantitative estimate of drug-likeness (QED) is 0.786. The second-order valence-corrected chi connectivity index (χ2v) is 5.73. The van der Waals surface area contributed by atoms with Crippen LogP contribution in [0, 0.1) is 0 Å². The van der Waals surface area contributed by atoms with Gasteiger partial charge < -0.3 is 15.4 Å². The Morgan fingerprint density at radius 2 is 2.10 bits per heavy atom. The first-order valence-electron chi connectivity index (χ1n) is 7.05. The van der Waals surface area contributed by atoms with Crippen LogP contribution in [-0.4, -0.2) is 34.6 Å². The molecule has 0 aromatic carbocycles. The van der Waals surface area contributed by atoms with E-state index >= 15 is 0 Å². The van der Waals surface area contributed by atoms with Crippen molar-refractivity contribution in [3.8, 4) is 0 Å². The van der Waals surface area contributed by atoms with Crippen LogP contribution in [0.5, 0.6) is 0 Å². The lowest BCUT2D eigenvalue weighted by molar-refractivity contribution is 0.0528. The van der Waals surface area contributed by atoms with Crippen LogP contribution < -0.4 is 10.6 Å². The fourth-order valence-corrected chi connectivity index (χ4v) is 1.76. The highest BCUT2D eigenvalue weighted by Crippen LogP contribution is 2.13. The smallest absolute Gasteiger partial charge is 0.407 e. The molecule has 0 fully saturated rings. The number of nitrogens with zero attached hydrogens (tertiary/aromatic N) is 2. The summed E-state index contributed by atoms with van der Waals surface area (Å²) >= 11 is 0. The monoisotopic (exact) mass is 282 g/mol. The zero-order valence-corrected chi connectivity index (χ0v) is 13.1. The normalized spacial score (nSPS) is 11.2. The number of hydrogen-bond acceptors (Lipinski definition) is 4. The van der Waals surface area contributed by atoms with E-state index in [1.54, 1.807) is 4.68 Å². The van der Waals surface area contributed by atoms with Crippen LogP contribution in [-0.2, 0) is 18.2 Å². The molecule has 0 saturated carbocycles. The van der Waals surface area contributed by atoms with E-state index in [2.05, 4.69) is 22.7 Å². The van der Waals surface area contributed by atoms with Crippen LogP contribution in [0.4, 0.5) is 10.5 Å².